The van der Waals surface area contributed by atoms with Gasteiger partial charge < -0.3 is 4.74 Å². The van der Waals surface area contributed by atoms with Gasteiger partial charge in [-0.25, -0.2) is 8.42 Å². The summed E-state index contributed by atoms with van der Waals surface area (Å²) >= 11 is 5.77. The zero-order valence-corrected chi connectivity index (χ0v) is 10.7. The minimum atomic E-state index is -3.60. The summed E-state index contributed by atoms with van der Waals surface area (Å²) in [6, 6.07) is 4.90. The molecule has 0 aliphatic heterocycles. The Balaban J connectivity index is 3.00. The molecule has 3 nitrogen and oxygen atoms in total. The number of hydrogen-bond donors (Lipinski definition) is 0. The van der Waals surface area contributed by atoms with Crippen molar-refractivity contribution in [3.8, 4) is 17.6 Å². The fraction of sp³-hybridized carbons (Fsp3) is 0.200. The van der Waals surface area contributed by atoms with Gasteiger partial charge in [0.15, 0.2) is 0 Å². The molecule has 0 aliphatic carbocycles. The van der Waals surface area contributed by atoms with Crippen molar-refractivity contribution in [2.45, 2.75) is 0 Å². The topological polar surface area (TPSA) is 43.4 Å². The average Bonchev–Trinajstić information content (AvgIpc) is 2.16. The second kappa shape index (κ2) is 5.44. The smallest absolute Gasteiger partial charge is 0.243 e. The fourth-order valence-electron chi connectivity index (χ4n) is 0.995. The van der Waals surface area contributed by atoms with Crippen molar-refractivity contribution >= 4 is 31.3 Å². The van der Waals surface area contributed by atoms with Crippen LogP contribution in [0.4, 0.5) is 0 Å². The number of rotatable bonds is 2. The number of halogens is 2. The summed E-state index contributed by atoms with van der Waals surface area (Å²) < 4.78 is 26.3. The Morgan fingerprint density at radius 2 is 2.12 bits per heavy atom. The van der Waals surface area contributed by atoms with E-state index in [1.54, 1.807) is 18.2 Å². The SMILES string of the molecule is COc1ccc(Cl)cc1C#CCS(=O)(=O)Cl. The van der Waals surface area contributed by atoms with Crippen molar-refractivity contribution < 1.29 is 13.2 Å². The number of ether oxygens (including phenoxy) is 1. The Morgan fingerprint density at radius 3 is 2.69 bits per heavy atom. The predicted molar refractivity (Wildman–Crippen MR) is 64.5 cm³/mol. The minimum absolute atomic E-state index is 0.412. The molecule has 0 N–H and O–H groups in total. The number of methoxy groups -OCH3 is 1. The molecule has 0 saturated carbocycles. The van der Waals surface area contributed by atoms with E-state index in [1.807, 2.05) is 0 Å². The van der Waals surface area contributed by atoms with Gasteiger partial charge in [0.25, 0.3) is 0 Å². The molecule has 0 saturated heterocycles. The lowest BCUT2D eigenvalue weighted by atomic mass is 10.2. The Hall–Kier alpha value is -0.890. The first-order valence-corrected chi connectivity index (χ1v) is 7.03. The minimum Gasteiger partial charge on any atom is -0.495 e. The molecule has 0 unspecified atom stereocenters. The van der Waals surface area contributed by atoms with Crippen molar-refractivity contribution in [1.82, 2.24) is 0 Å². The largest absolute Gasteiger partial charge is 0.495 e. The second-order valence-electron chi connectivity index (χ2n) is 2.83. The highest BCUT2D eigenvalue weighted by atomic mass is 35.7. The Morgan fingerprint density at radius 1 is 1.44 bits per heavy atom. The fourth-order valence-corrected chi connectivity index (χ4v) is 1.58. The van der Waals surface area contributed by atoms with E-state index in [0.29, 0.717) is 16.3 Å². The monoisotopic (exact) mass is 278 g/mol. The van der Waals surface area contributed by atoms with Crippen molar-refractivity contribution in [3.05, 3.63) is 28.8 Å². The molecule has 0 amide bonds. The van der Waals surface area contributed by atoms with Crippen LogP contribution in [-0.4, -0.2) is 21.3 Å². The van der Waals surface area contributed by atoms with E-state index in [-0.39, 0.29) is 0 Å². The van der Waals surface area contributed by atoms with E-state index in [0.717, 1.165) is 0 Å². The zero-order valence-electron chi connectivity index (χ0n) is 8.33. The summed E-state index contributed by atoms with van der Waals surface area (Å²) in [7, 11) is 2.91. The summed E-state index contributed by atoms with van der Waals surface area (Å²) in [5.74, 6) is 5.19. The zero-order chi connectivity index (χ0) is 12.2. The second-order valence-corrected chi connectivity index (χ2v) is 6.04. The van der Waals surface area contributed by atoms with Gasteiger partial charge in [-0.15, -0.1) is 0 Å². The van der Waals surface area contributed by atoms with Crippen molar-refractivity contribution in [2.75, 3.05) is 12.9 Å². The molecule has 0 fully saturated rings. The maximum absolute atomic E-state index is 10.6. The molecule has 1 aromatic carbocycles. The maximum atomic E-state index is 10.6. The van der Waals surface area contributed by atoms with Crippen molar-refractivity contribution in [3.63, 3.8) is 0 Å². The molecule has 1 aromatic rings. The Labute approximate surface area is 104 Å². The quantitative estimate of drug-likeness (QED) is 0.616. The van der Waals surface area contributed by atoms with Crippen LogP contribution in [0.1, 0.15) is 5.56 Å². The van der Waals surface area contributed by atoms with E-state index in [1.165, 1.54) is 7.11 Å². The Bertz CT molecular complexity index is 541. The van der Waals surface area contributed by atoms with Crippen LogP contribution in [0.5, 0.6) is 5.75 Å². The van der Waals surface area contributed by atoms with E-state index in [9.17, 15) is 8.42 Å². The van der Waals surface area contributed by atoms with Gasteiger partial charge in [-0.3, -0.25) is 0 Å². The van der Waals surface area contributed by atoms with Gasteiger partial charge in [0.1, 0.15) is 11.5 Å². The van der Waals surface area contributed by atoms with Crippen LogP contribution in [0.2, 0.25) is 5.02 Å². The van der Waals surface area contributed by atoms with E-state index in [4.69, 9.17) is 27.0 Å². The van der Waals surface area contributed by atoms with Crippen LogP contribution in [-0.2, 0) is 9.05 Å². The Kier molecular flexibility index (Phi) is 4.48. The first kappa shape index (κ1) is 13.2. The van der Waals surface area contributed by atoms with Crippen LogP contribution in [0.25, 0.3) is 0 Å². The van der Waals surface area contributed by atoms with Crippen molar-refractivity contribution in [2.24, 2.45) is 0 Å². The van der Waals surface area contributed by atoms with Crippen LogP contribution < -0.4 is 4.74 Å². The molecule has 6 heteroatoms. The highest BCUT2D eigenvalue weighted by Gasteiger charge is 2.02. The van der Waals surface area contributed by atoms with Gasteiger partial charge in [0, 0.05) is 15.7 Å². The molecule has 0 bridgehead atoms. The molecule has 0 spiro atoms. The lowest BCUT2D eigenvalue weighted by Gasteiger charge is -2.02. The first-order chi connectivity index (χ1) is 7.42. The summed E-state index contributed by atoms with van der Waals surface area (Å²) in [6.07, 6.45) is 0. The first-order valence-electron chi connectivity index (χ1n) is 4.17. The lowest BCUT2D eigenvalue weighted by molar-refractivity contribution is 0.413. The summed E-state index contributed by atoms with van der Waals surface area (Å²) in [5, 5.41) is 0.499. The summed E-state index contributed by atoms with van der Waals surface area (Å²) in [4.78, 5) is 0. The molecule has 0 radical (unpaired) electrons. The van der Waals surface area contributed by atoms with Gasteiger partial charge in [0.2, 0.25) is 9.05 Å². The predicted octanol–water partition coefficient (Wildman–Crippen LogP) is 2.27. The van der Waals surface area contributed by atoms with Gasteiger partial charge >= 0.3 is 0 Å². The van der Waals surface area contributed by atoms with E-state index < -0.39 is 14.8 Å². The van der Waals surface area contributed by atoms with Crippen LogP contribution in [0, 0.1) is 11.8 Å². The van der Waals surface area contributed by atoms with Gasteiger partial charge in [-0.05, 0) is 18.2 Å². The van der Waals surface area contributed by atoms with Crippen LogP contribution in [0.15, 0.2) is 18.2 Å². The molecule has 1 rings (SSSR count). The molecule has 0 atom stereocenters. The highest BCUT2D eigenvalue weighted by Crippen LogP contribution is 2.21. The molecule has 16 heavy (non-hydrogen) atoms. The third-order valence-electron chi connectivity index (χ3n) is 1.63. The molecular formula is C10H8Cl2O3S. The van der Waals surface area contributed by atoms with Crippen LogP contribution >= 0.6 is 22.3 Å². The summed E-state index contributed by atoms with van der Waals surface area (Å²) in [5.41, 5.74) is 0.523. The van der Waals surface area contributed by atoms with E-state index >= 15 is 0 Å². The molecule has 0 aromatic heterocycles. The molecule has 0 aliphatic rings. The third kappa shape index (κ3) is 4.31. The van der Waals surface area contributed by atoms with Crippen LogP contribution in [0.3, 0.4) is 0 Å². The van der Waals surface area contributed by atoms with Gasteiger partial charge in [-0.2, -0.15) is 0 Å². The lowest BCUT2D eigenvalue weighted by Crippen LogP contribution is -1.93. The number of benzene rings is 1. The standard InChI is InChI=1S/C10H8Cl2O3S/c1-15-10-5-4-9(11)7-8(10)3-2-6-16(12,13)14/h4-5,7H,6H2,1H3. The highest BCUT2D eigenvalue weighted by molar-refractivity contribution is 8.13. The molecule has 0 heterocycles. The molecular weight excluding hydrogens is 271 g/mol. The average molecular weight is 279 g/mol. The van der Waals surface area contributed by atoms with Crippen molar-refractivity contribution in [1.29, 1.82) is 0 Å². The van der Waals surface area contributed by atoms with E-state index in [2.05, 4.69) is 11.8 Å². The van der Waals surface area contributed by atoms with Gasteiger partial charge in [0.05, 0.1) is 12.7 Å². The molecule has 86 valence electrons. The summed E-state index contributed by atoms with van der Waals surface area (Å²) in [6.45, 7) is 0. The van der Waals surface area contributed by atoms with Gasteiger partial charge in [-0.1, -0.05) is 23.4 Å². The maximum Gasteiger partial charge on any atom is 0.243 e. The third-order valence-corrected chi connectivity index (χ3v) is 2.68. The normalized spacial score (nSPS) is 10.4. The number of hydrogen-bond acceptors (Lipinski definition) is 3.